The van der Waals surface area contributed by atoms with Gasteiger partial charge in [-0.2, -0.15) is 0 Å². The molecule has 1 aromatic heterocycles. The largest absolute Gasteiger partial charge is 0.494 e. The van der Waals surface area contributed by atoms with Gasteiger partial charge >= 0.3 is 0 Å². The van der Waals surface area contributed by atoms with Gasteiger partial charge in [0.25, 0.3) is 0 Å². The standard InChI is InChI=1S/C15H15BrN2O2/c16-12-6-8-13(9-7-12)20-11-3-5-15(19)18-14-4-1-2-10-17-14/h1-2,4,6-10H,3,5,11H2,(H,17,18,19). The molecule has 20 heavy (non-hydrogen) atoms. The van der Waals surface area contributed by atoms with Gasteiger partial charge in [0, 0.05) is 17.1 Å². The summed E-state index contributed by atoms with van der Waals surface area (Å²) in [6.07, 6.45) is 2.72. The van der Waals surface area contributed by atoms with Crippen LogP contribution in [0.15, 0.2) is 53.1 Å². The molecule has 1 N–H and O–H groups in total. The summed E-state index contributed by atoms with van der Waals surface area (Å²) in [5.41, 5.74) is 0. The van der Waals surface area contributed by atoms with Gasteiger partial charge < -0.3 is 10.1 Å². The van der Waals surface area contributed by atoms with Crippen LogP contribution in [0, 0.1) is 0 Å². The van der Waals surface area contributed by atoms with Crippen molar-refractivity contribution in [1.82, 2.24) is 4.98 Å². The lowest BCUT2D eigenvalue weighted by Crippen LogP contribution is -2.13. The second-order valence-electron chi connectivity index (χ2n) is 4.17. The molecule has 5 heteroatoms. The molecule has 0 aliphatic rings. The van der Waals surface area contributed by atoms with E-state index >= 15 is 0 Å². The number of hydrogen-bond donors (Lipinski definition) is 1. The number of nitrogens with one attached hydrogen (secondary N) is 1. The van der Waals surface area contributed by atoms with Crippen LogP contribution in [0.1, 0.15) is 12.8 Å². The minimum atomic E-state index is -0.0527. The molecule has 0 fully saturated rings. The summed E-state index contributed by atoms with van der Waals surface area (Å²) in [6.45, 7) is 0.511. The number of pyridine rings is 1. The third-order valence-corrected chi connectivity index (χ3v) is 3.09. The number of benzene rings is 1. The van der Waals surface area contributed by atoms with Crippen LogP contribution in [-0.4, -0.2) is 17.5 Å². The van der Waals surface area contributed by atoms with Crippen LogP contribution in [0.2, 0.25) is 0 Å². The maximum Gasteiger partial charge on any atom is 0.225 e. The Balaban J connectivity index is 1.66. The van der Waals surface area contributed by atoms with Crippen molar-refractivity contribution in [1.29, 1.82) is 0 Å². The molecule has 0 spiro atoms. The molecule has 0 unspecified atom stereocenters. The van der Waals surface area contributed by atoms with Gasteiger partial charge in [-0.05, 0) is 42.8 Å². The molecule has 104 valence electrons. The zero-order chi connectivity index (χ0) is 14.2. The summed E-state index contributed by atoms with van der Waals surface area (Å²) in [4.78, 5) is 15.7. The first-order valence-corrected chi connectivity index (χ1v) is 7.12. The number of anilines is 1. The fourth-order valence-corrected chi connectivity index (χ4v) is 1.86. The maximum atomic E-state index is 11.7. The van der Waals surface area contributed by atoms with Crippen LogP contribution in [0.4, 0.5) is 5.82 Å². The normalized spacial score (nSPS) is 10.1. The van der Waals surface area contributed by atoms with Crippen molar-refractivity contribution < 1.29 is 9.53 Å². The van der Waals surface area contributed by atoms with Gasteiger partial charge in [-0.1, -0.05) is 22.0 Å². The van der Waals surface area contributed by atoms with Gasteiger partial charge in [-0.3, -0.25) is 4.79 Å². The van der Waals surface area contributed by atoms with Crippen LogP contribution in [0.25, 0.3) is 0 Å². The van der Waals surface area contributed by atoms with E-state index in [9.17, 15) is 4.79 Å². The molecular weight excluding hydrogens is 320 g/mol. The van der Waals surface area contributed by atoms with E-state index in [4.69, 9.17) is 4.74 Å². The first-order chi connectivity index (χ1) is 9.74. The number of halogens is 1. The molecule has 0 bridgehead atoms. The molecule has 0 atom stereocenters. The van der Waals surface area contributed by atoms with E-state index in [0.717, 1.165) is 10.2 Å². The highest BCUT2D eigenvalue weighted by atomic mass is 79.9. The van der Waals surface area contributed by atoms with Crippen LogP contribution in [0.5, 0.6) is 5.75 Å². The maximum absolute atomic E-state index is 11.7. The van der Waals surface area contributed by atoms with Crippen molar-refractivity contribution in [3.8, 4) is 5.75 Å². The molecule has 0 radical (unpaired) electrons. The van der Waals surface area contributed by atoms with Crippen LogP contribution in [-0.2, 0) is 4.79 Å². The summed E-state index contributed by atoms with van der Waals surface area (Å²) in [6, 6.07) is 13.0. The smallest absolute Gasteiger partial charge is 0.225 e. The topological polar surface area (TPSA) is 51.2 Å². The molecule has 1 aromatic carbocycles. The Morgan fingerprint density at radius 3 is 2.70 bits per heavy atom. The van der Waals surface area contributed by atoms with Crippen molar-refractivity contribution in [2.75, 3.05) is 11.9 Å². The monoisotopic (exact) mass is 334 g/mol. The third-order valence-electron chi connectivity index (χ3n) is 2.56. The van der Waals surface area contributed by atoms with E-state index in [1.807, 2.05) is 36.4 Å². The highest BCUT2D eigenvalue weighted by molar-refractivity contribution is 9.10. The molecule has 2 aromatic rings. The molecule has 0 saturated carbocycles. The van der Waals surface area contributed by atoms with Gasteiger partial charge in [0.2, 0.25) is 5.91 Å². The molecule has 1 amide bonds. The Morgan fingerprint density at radius 1 is 1.20 bits per heavy atom. The number of hydrogen-bond acceptors (Lipinski definition) is 3. The predicted octanol–water partition coefficient (Wildman–Crippen LogP) is 3.64. The first kappa shape index (κ1) is 14.5. The lowest BCUT2D eigenvalue weighted by atomic mass is 10.3. The summed E-state index contributed by atoms with van der Waals surface area (Å²) in [7, 11) is 0. The van der Waals surface area contributed by atoms with E-state index in [1.54, 1.807) is 12.3 Å². The van der Waals surface area contributed by atoms with Gasteiger partial charge in [0.1, 0.15) is 11.6 Å². The Bertz CT molecular complexity index is 544. The minimum absolute atomic E-state index is 0.0527. The number of aromatic nitrogens is 1. The SMILES string of the molecule is O=C(CCCOc1ccc(Br)cc1)Nc1ccccn1. The molecular formula is C15H15BrN2O2. The van der Waals surface area contributed by atoms with Crippen molar-refractivity contribution in [2.24, 2.45) is 0 Å². The molecule has 0 aliphatic carbocycles. The Labute approximate surface area is 126 Å². The number of rotatable bonds is 6. The van der Waals surface area contributed by atoms with Gasteiger partial charge in [0.05, 0.1) is 6.61 Å². The summed E-state index contributed by atoms with van der Waals surface area (Å²) in [5, 5.41) is 2.74. The zero-order valence-corrected chi connectivity index (χ0v) is 12.5. The fourth-order valence-electron chi connectivity index (χ4n) is 1.60. The molecule has 0 saturated heterocycles. The number of carbonyl (C=O) groups excluding carboxylic acids is 1. The predicted molar refractivity (Wildman–Crippen MR) is 81.7 cm³/mol. The summed E-state index contributed by atoms with van der Waals surface area (Å²) < 4.78 is 6.56. The lowest BCUT2D eigenvalue weighted by Gasteiger charge is -2.06. The van der Waals surface area contributed by atoms with Gasteiger partial charge in [-0.25, -0.2) is 4.98 Å². The Hall–Kier alpha value is -1.88. The molecule has 4 nitrogen and oxygen atoms in total. The minimum Gasteiger partial charge on any atom is -0.494 e. The number of amides is 1. The fraction of sp³-hybridized carbons (Fsp3) is 0.200. The summed E-state index contributed by atoms with van der Waals surface area (Å²) in [5.74, 6) is 1.33. The second kappa shape index (κ2) is 7.65. The van der Waals surface area contributed by atoms with E-state index in [1.165, 1.54) is 0 Å². The van der Waals surface area contributed by atoms with Crippen LogP contribution < -0.4 is 10.1 Å². The average molecular weight is 335 g/mol. The Morgan fingerprint density at radius 2 is 2.00 bits per heavy atom. The quantitative estimate of drug-likeness (QED) is 0.820. The highest BCUT2D eigenvalue weighted by Gasteiger charge is 2.03. The number of ether oxygens (including phenoxy) is 1. The van der Waals surface area contributed by atoms with Gasteiger partial charge in [-0.15, -0.1) is 0 Å². The van der Waals surface area contributed by atoms with Crippen LogP contribution >= 0.6 is 15.9 Å². The molecule has 1 heterocycles. The van der Waals surface area contributed by atoms with E-state index < -0.39 is 0 Å². The van der Waals surface area contributed by atoms with Crippen molar-refractivity contribution >= 4 is 27.7 Å². The third kappa shape index (κ3) is 5.01. The van der Waals surface area contributed by atoms with E-state index in [2.05, 4.69) is 26.2 Å². The van der Waals surface area contributed by atoms with Crippen molar-refractivity contribution in [3.05, 3.63) is 53.1 Å². The van der Waals surface area contributed by atoms with Crippen molar-refractivity contribution in [3.63, 3.8) is 0 Å². The highest BCUT2D eigenvalue weighted by Crippen LogP contribution is 2.16. The summed E-state index contributed by atoms with van der Waals surface area (Å²) >= 11 is 3.36. The van der Waals surface area contributed by atoms with Crippen LogP contribution in [0.3, 0.4) is 0 Å². The number of carbonyl (C=O) groups is 1. The molecule has 2 rings (SSSR count). The second-order valence-corrected chi connectivity index (χ2v) is 5.08. The van der Waals surface area contributed by atoms with Gasteiger partial charge in [0.15, 0.2) is 0 Å². The first-order valence-electron chi connectivity index (χ1n) is 6.33. The number of nitrogens with zero attached hydrogens (tertiary/aromatic N) is 1. The lowest BCUT2D eigenvalue weighted by molar-refractivity contribution is -0.116. The van der Waals surface area contributed by atoms with Crippen molar-refractivity contribution in [2.45, 2.75) is 12.8 Å². The van der Waals surface area contributed by atoms with E-state index in [0.29, 0.717) is 25.3 Å². The average Bonchev–Trinajstić information content (AvgIpc) is 2.46. The Kier molecular flexibility index (Phi) is 5.55. The zero-order valence-electron chi connectivity index (χ0n) is 10.9. The molecule has 0 aliphatic heterocycles. The van der Waals surface area contributed by atoms with E-state index in [-0.39, 0.29) is 5.91 Å².